The minimum absolute atomic E-state index is 0.0223. The summed E-state index contributed by atoms with van der Waals surface area (Å²) in [6, 6.07) is 11.2. The fraction of sp³-hybridized carbons (Fsp3) is 0.440. The molecule has 1 heterocycles. The van der Waals surface area contributed by atoms with Gasteiger partial charge in [-0.15, -0.1) is 0 Å². The van der Waals surface area contributed by atoms with E-state index in [-0.39, 0.29) is 24.2 Å². The molecule has 2 aromatic carbocycles. The summed E-state index contributed by atoms with van der Waals surface area (Å²) >= 11 is 0. The van der Waals surface area contributed by atoms with E-state index in [2.05, 4.69) is 22.5 Å². The van der Waals surface area contributed by atoms with E-state index < -0.39 is 12.0 Å². The monoisotopic (exact) mass is 457 g/mol. The van der Waals surface area contributed by atoms with Crippen LogP contribution in [0.2, 0.25) is 0 Å². The molecule has 8 heteroatoms. The maximum atomic E-state index is 13.2. The Hall–Kier alpha value is -3.13. The third-order valence-electron chi connectivity index (χ3n) is 6.04. The fourth-order valence-corrected chi connectivity index (χ4v) is 4.31. The van der Waals surface area contributed by atoms with Crippen molar-refractivity contribution in [3.05, 3.63) is 53.8 Å². The predicted molar refractivity (Wildman–Crippen MR) is 128 cm³/mol. The Morgan fingerprint density at radius 3 is 2.42 bits per heavy atom. The Bertz CT molecular complexity index is 945. The summed E-state index contributed by atoms with van der Waals surface area (Å²) in [5.74, 6) is -1.39. The van der Waals surface area contributed by atoms with Gasteiger partial charge in [0.25, 0.3) is 0 Å². The highest BCUT2D eigenvalue weighted by atomic mass is 19.1. The van der Waals surface area contributed by atoms with E-state index in [4.69, 9.17) is 4.74 Å². The van der Waals surface area contributed by atoms with E-state index in [1.807, 2.05) is 25.1 Å². The molecule has 0 aromatic heterocycles. The van der Waals surface area contributed by atoms with Crippen LogP contribution in [0.4, 0.5) is 26.2 Å². The van der Waals surface area contributed by atoms with Gasteiger partial charge in [-0.05, 0) is 74.1 Å². The lowest BCUT2D eigenvalue weighted by atomic mass is 9.92. The quantitative estimate of drug-likeness (QED) is 0.466. The van der Waals surface area contributed by atoms with E-state index in [1.54, 1.807) is 0 Å². The van der Waals surface area contributed by atoms with Crippen LogP contribution >= 0.6 is 0 Å². The average Bonchev–Trinajstić information content (AvgIpc) is 2.81. The van der Waals surface area contributed by atoms with Crippen LogP contribution in [0.5, 0.6) is 0 Å². The number of rotatable bonds is 9. The van der Waals surface area contributed by atoms with Gasteiger partial charge in [-0.25, -0.2) is 9.18 Å². The third kappa shape index (κ3) is 6.68. The first-order chi connectivity index (χ1) is 15.9. The van der Waals surface area contributed by atoms with Gasteiger partial charge in [0.15, 0.2) is 0 Å². The Morgan fingerprint density at radius 1 is 1.12 bits per heavy atom. The van der Waals surface area contributed by atoms with Gasteiger partial charge < -0.3 is 25.4 Å². The first-order valence-electron chi connectivity index (χ1n) is 11.4. The van der Waals surface area contributed by atoms with Crippen LogP contribution in [0.25, 0.3) is 0 Å². The van der Waals surface area contributed by atoms with Crippen molar-refractivity contribution < 1.29 is 23.8 Å². The number of carboxylic acids is 1. The highest BCUT2D eigenvalue weighted by Gasteiger charge is 2.24. The first-order valence-corrected chi connectivity index (χ1v) is 11.4. The summed E-state index contributed by atoms with van der Waals surface area (Å²) in [7, 11) is 0. The van der Waals surface area contributed by atoms with Crippen LogP contribution in [0, 0.1) is 5.82 Å². The zero-order valence-electron chi connectivity index (χ0n) is 19.1. The van der Waals surface area contributed by atoms with Crippen molar-refractivity contribution in [3.63, 3.8) is 0 Å². The molecule has 7 nitrogen and oxygen atoms in total. The molecule has 0 spiro atoms. The number of anilines is 3. The number of carbonyl (C=O) groups is 2. The predicted octanol–water partition coefficient (Wildman–Crippen LogP) is 5.44. The van der Waals surface area contributed by atoms with E-state index in [1.165, 1.54) is 24.3 Å². The van der Waals surface area contributed by atoms with Gasteiger partial charge in [0.1, 0.15) is 5.82 Å². The Kier molecular flexibility index (Phi) is 8.65. The molecular formula is C25H32FN3O4. The number of nitrogens with one attached hydrogen (secondary N) is 2. The Morgan fingerprint density at radius 2 is 1.82 bits per heavy atom. The molecule has 178 valence electrons. The number of nitrogens with zero attached hydrogens (tertiary/aromatic N) is 1. The lowest BCUT2D eigenvalue weighted by Gasteiger charge is -2.36. The molecule has 3 N–H and O–H groups in total. The number of benzene rings is 2. The topological polar surface area (TPSA) is 90.9 Å². The molecule has 1 fully saturated rings. The second-order valence-corrected chi connectivity index (χ2v) is 8.20. The van der Waals surface area contributed by atoms with Crippen molar-refractivity contribution in [2.75, 3.05) is 35.3 Å². The number of urea groups is 1. The van der Waals surface area contributed by atoms with Gasteiger partial charge in [-0.2, -0.15) is 0 Å². The normalized spacial score (nSPS) is 15.0. The smallest absolute Gasteiger partial charge is 0.323 e. The molecule has 0 saturated carbocycles. The van der Waals surface area contributed by atoms with E-state index in [9.17, 15) is 19.1 Å². The number of aliphatic carboxylic acids is 1. The van der Waals surface area contributed by atoms with Crippen LogP contribution in [0.15, 0.2) is 42.5 Å². The van der Waals surface area contributed by atoms with Crippen LogP contribution < -0.4 is 15.5 Å². The summed E-state index contributed by atoms with van der Waals surface area (Å²) in [5.41, 5.74) is 2.83. The van der Waals surface area contributed by atoms with Gasteiger partial charge in [-0.1, -0.05) is 13.0 Å². The lowest BCUT2D eigenvalue weighted by Crippen LogP contribution is -2.40. The van der Waals surface area contributed by atoms with E-state index in [0.29, 0.717) is 31.0 Å². The summed E-state index contributed by atoms with van der Waals surface area (Å²) in [5, 5.41) is 15.0. The molecule has 3 rings (SSSR count). The third-order valence-corrected chi connectivity index (χ3v) is 6.04. The van der Waals surface area contributed by atoms with Crippen LogP contribution in [-0.4, -0.2) is 42.9 Å². The molecule has 0 radical (unpaired) electrons. The van der Waals surface area contributed by atoms with Crippen LogP contribution in [0.3, 0.4) is 0 Å². The maximum Gasteiger partial charge on any atom is 0.323 e. The average molecular weight is 458 g/mol. The van der Waals surface area contributed by atoms with Crippen molar-refractivity contribution in [2.45, 2.75) is 51.5 Å². The maximum absolute atomic E-state index is 13.2. The van der Waals surface area contributed by atoms with Crippen molar-refractivity contribution in [3.8, 4) is 0 Å². The number of hydrogen-bond donors (Lipinski definition) is 3. The van der Waals surface area contributed by atoms with Crippen molar-refractivity contribution in [2.24, 2.45) is 0 Å². The number of carbonyl (C=O) groups excluding carboxylic acids is 1. The summed E-state index contributed by atoms with van der Waals surface area (Å²) in [4.78, 5) is 26.4. The Balaban J connectivity index is 1.91. The number of carboxylic acid groups (broad SMARTS) is 1. The summed E-state index contributed by atoms with van der Waals surface area (Å²) in [6.07, 6.45) is 2.49. The van der Waals surface area contributed by atoms with Gasteiger partial charge >= 0.3 is 12.0 Å². The molecule has 1 aliphatic rings. The molecule has 2 amide bonds. The molecule has 2 aromatic rings. The summed E-state index contributed by atoms with van der Waals surface area (Å²) in [6.45, 7) is 6.18. The molecule has 1 atom stereocenters. The second-order valence-electron chi connectivity index (χ2n) is 8.20. The van der Waals surface area contributed by atoms with Gasteiger partial charge in [-0.3, -0.25) is 4.79 Å². The van der Waals surface area contributed by atoms with E-state index >= 15 is 0 Å². The first kappa shape index (κ1) is 24.5. The number of hydrogen-bond acceptors (Lipinski definition) is 4. The van der Waals surface area contributed by atoms with Gasteiger partial charge in [0, 0.05) is 31.5 Å². The lowest BCUT2D eigenvalue weighted by molar-refractivity contribution is -0.137. The molecule has 0 bridgehead atoms. The highest BCUT2D eigenvalue weighted by Crippen LogP contribution is 2.35. The van der Waals surface area contributed by atoms with Crippen LogP contribution in [0.1, 0.15) is 51.0 Å². The van der Waals surface area contributed by atoms with Crippen molar-refractivity contribution in [1.82, 2.24) is 0 Å². The second kappa shape index (κ2) is 11.7. The zero-order valence-corrected chi connectivity index (χ0v) is 19.1. The van der Waals surface area contributed by atoms with Gasteiger partial charge in [0.05, 0.1) is 17.8 Å². The van der Waals surface area contributed by atoms with Gasteiger partial charge in [0.2, 0.25) is 0 Å². The number of amides is 2. The molecule has 1 saturated heterocycles. The number of ether oxygens (including phenoxy) is 1. The highest BCUT2D eigenvalue weighted by molar-refractivity contribution is 6.02. The molecule has 0 aliphatic carbocycles. The largest absolute Gasteiger partial charge is 0.481 e. The SMILES string of the molecule is CC[C@@H](CC(=O)O)c1ccc(N(CC)C2CCOCC2)c(NC(=O)Nc2ccc(F)cc2)c1. The fourth-order valence-electron chi connectivity index (χ4n) is 4.31. The van der Waals surface area contributed by atoms with Crippen molar-refractivity contribution in [1.29, 1.82) is 0 Å². The Labute approximate surface area is 193 Å². The van der Waals surface area contributed by atoms with E-state index in [0.717, 1.165) is 30.6 Å². The molecule has 0 unspecified atom stereocenters. The molecular weight excluding hydrogens is 425 g/mol. The summed E-state index contributed by atoms with van der Waals surface area (Å²) < 4.78 is 18.7. The standard InChI is InChI=1S/C25H32FN3O4/c1-3-17(16-24(30)31)18-5-10-23(29(4-2)21-11-13-33-14-12-21)22(15-18)28-25(32)27-20-8-6-19(26)7-9-20/h5-10,15,17,21H,3-4,11-14,16H2,1-2H3,(H,30,31)(H2,27,28,32)/t17-/m0/s1. The minimum atomic E-state index is -0.855. The van der Waals surface area contributed by atoms with Crippen LogP contribution in [-0.2, 0) is 9.53 Å². The van der Waals surface area contributed by atoms with Crippen molar-refractivity contribution >= 4 is 29.1 Å². The molecule has 33 heavy (non-hydrogen) atoms. The zero-order chi connectivity index (χ0) is 23.8. The minimum Gasteiger partial charge on any atom is -0.481 e. The number of halogens is 1. The molecule has 1 aliphatic heterocycles.